The molecular formula is C18H16ClN3O5. The number of halogens is 1. The maximum atomic E-state index is 12.1. The van der Waals surface area contributed by atoms with E-state index in [1.54, 1.807) is 32.0 Å². The van der Waals surface area contributed by atoms with E-state index in [9.17, 15) is 9.59 Å². The molecule has 3 aromatic rings. The Labute approximate surface area is 159 Å². The highest BCUT2D eigenvalue weighted by molar-refractivity contribution is 6.31. The Morgan fingerprint density at radius 3 is 2.63 bits per heavy atom. The second-order valence-corrected chi connectivity index (χ2v) is 6.35. The molecule has 0 radical (unpaired) electrons. The number of esters is 2. The van der Waals surface area contributed by atoms with Crippen molar-refractivity contribution in [2.24, 2.45) is 5.92 Å². The summed E-state index contributed by atoms with van der Waals surface area (Å²) in [5.41, 5.74) is -0.0909. The molecule has 0 bridgehead atoms. The highest BCUT2D eigenvalue weighted by Crippen LogP contribution is 2.27. The lowest BCUT2D eigenvalue weighted by Crippen LogP contribution is -2.17. The fourth-order valence-corrected chi connectivity index (χ4v) is 2.35. The third kappa shape index (κ3) is 4.53. The highest BCUT2D eigenvalue weighted by Gasteiger charge is 2.20. The molecule has 0 atom stereocenters. The summed E-state index contributed by atoms with van der Waals surface area (Å²) in [7, 11) is 0. The van der Waals surface area contributed by atoms with Crippen LogP contribution < -0.4 is 4.74 Å². The third-order valence-corrected chi connectivity index (χ3v) is 3.81. The summed E-state index contributed by atoms with van der Waals surface area (Å²) in [6.45, 7) is 2.84. The number of benzene rings is 2. The molecule has 0 amide bonds. The van der Waals surface area contributed by atoms with Crippen molar-refractivity contribution >= 4 is 34.3 Å². The van der Waals surface area contributed by atoms with Crippen LogP contribution in [0.15, 0.2) is 36.4 Å². The van der Waals surface area contributed by atoms with Crippen LogP contribution in [-0.4, -0.2) is 34.1 Å². The number of rotatable bonds is 6. The van der Waals surface area contributed by atoms with Crippen LogP contribution in [0.1, 0.15) is 24.3 Å². The summed E-state index contributed by atoms with van der Waals surface area (Å²) in [6.07, 6.45) is 0. The van der Waals surface area contributed by atoms with Crippen molar-refractivity contribution in [1.82, 2.24) is 15.4 Å². The van der Waals surface area contributed by atoms with E-state index in [1.165, 1.54) is 0 Å². The lowest BCUT2D eigenvalue weighted by molar-refractivity contribution is -0.155. The molecule has 0 spiro atoms. The van der Waals surface area contributed by atoms with E-state index in [4.69, 9.17) is 25.8 Å². The Balaban J connectivity index is 1.68. The van der Waals surface area contributed by atoms with Crippen LogP contribution in [0, 0.1) is 5.92 Å². The summed E-state index contributed by atoms with van der Waals surface area (Å²) in [5, 5.41) is 12.2. The number of ether oxygens (including phenoxy) is 3. The van der Waals surface area contributed by atoms with Crippen LogP contribution >= 0.6 is 11.6 Å². The second-order valence-electron chi connectivity index (χ2n) is 5.92. The molecule has 1 heterocycles. The Morgan fingerprint density at radius 2 is 1.85 bits per heavy atom. The second kappa shape index (κ2) is 8.05. The summed E-state index contributed by atoms with van der Waals surface area (Å²) < 4.78 is 15.3. The Bertz CT molecular complexity index is 986. The van der Waals surface area contributed by atoms with E-state index < -0.39 is 18.7 Å². The van der Waals surface area contributed by atoms with Gasteiger partial charge in [0.25, 0.3) is 5.88 Å². The molecule has 140 valence electrons. The molecular weight excluding hydrogens is 374 g/mol. The van der Waals surface area contributed by atoms with Gasteiger partial charge in [0.2, 0.25) is 12.5 Å². The van der Waals surface area contributed by atoms with Gasteiger partial charge in [0.05, 0.1) is 5.92 Å². The van der Waals surface area contributed by atoms with Gasteiger partial charge in [0, 0.05) is 5.02 Å². The molecule has 0 saturated carbocycles. The molecule has 1 aromatic heterocycles. The molecule has 1 N–H and O–H groups in total. The predicted octanol–water partition coefficient (Wildman–Crippen LogP) is 3.72. The first-order valence-electron chi connectivity index (χ1n) is 8.06. The summed E-state index contributed by atoms with van der Waals surface area (Å²) in [5.74, 6) is -1.20. The zero-order chi connectivity index (χ0) is 19.4. The van der Waals surface area contributed by atoms with Gasteiger partial charge in [0.15, 0.2) is 0 Å². The summed E-state index contributed by atoms with van der Waals surface area (Å²) in [6, 6.07) is 10.8. The van der Waals surface area contributed by atoms with Crippen molar-refractivity contribution < 1.29 is 23.8 Å². The van der Waals surface area contributed by atoms with Crippen molar-refractivity contribution in [3.8, 4) is 11.6 Å². The first-order chi connectivity index (χ1) is 12.9. The first kappa shape index (κ1) is 18.7. The van der Waals surface area contributed by atoms with Crippen molar-refractivity contribution in [2.45, 2.75) is 13.8 Å². The van der Waals surface area contributed by atoms with Gasteiger partial charge < -0.3 is 14.2 Å². The van der Waals surface area contributed by atoms with E-state index >= 15 is 0 Å². The zero-order valence-corrected chi connectivity index (χ0v) is 15.3. The minimum Gasteiger partial charge on any atom is -0.436 e. The number of fused-ring (bicyclic) bond motifs is 1. The number of aromatic amines is 1. The van der Waals surface area contributed by atoms with Crippen molar-refractivity contribution in [2.75, 3.05) is 6.79 Å². The maximum absolute atomic E-state index is 12.1. The van der Waals surface area contributed by atoms with Gasteiger partial charge in [-0.3, -0.25) is 4.79 Å². The molecule has 2 aromatic carbocycles. The minimum atomic E-state index is -0.806. The average molecular weight is 390 g/mol. The topological polar surface area (TPSA) is 103 Å². The fraction of sp³-hybridized carbons (Fsp3) is 0.222. The minimum absolute atomic E-state index is 0.0523. The van der Waals surface area contributed by atoms with Crippen molar-refractivity contribution in [1.29, 1.82) is 0 Å². The molecule has 0 aliphatic carbocycles. The third-order valence-electron chi connectivity index (χ3n) is 3.57. The molecule has 8 nitrogen and oxygen atoms in total. The highest BCUT2D eigenvalue weighted by atomic mass is 35.5. The monoisotopic (exact) mass is 389 g/mol. The smallest absolute Gasteiger partial charge is 0.365 e. The Morgan fingerprint density at radius 1 is 1.11 bits per heavy atom. The van der Waals surface area contributed by atoms with Crippen molar-refractivity contribution in [3.05, 3.63) is 47.1 Å². The number of nitrogens with one attached hydrogen (secondary N) is 1. The molecule has 0 saturated heterocycles. The van der Waals surface area contributed by atoms with Gasteiger partial charge in [-0.1, -0.05) is 47.9 Å². The average Bonchev–Trinajstić information content (AvgIpc) is 3.09. The van der Waals surface area contributed by atoms with Crippen LogP contribution in [0.3, 0.4) is 0 Å². The van der Waals surface area contributed by atoms with Gasteiger partial charge in [-0.2, -0.15) is 0 Å². The van der Waals surface area contributed by atoms with Crippen LogP contribution in [0.5, 0.6) is 11.6 Å². The standard InChI is InChI=1S/C18H16ClN3O5/c1-10(2)17(23)25-9-26-18(24)15-16(21-22-20-15)27-14-6-4-11-7-13(19)5-3-12(11)8-14/h3-8,10H,9H2,1-2H3,(H,20,21,22). The lowest BCUT2D eigenvalue weighted by Gasteiger charge is -2.08. The lowest BCUT2D eigenvalue weighted by atomic mass is 10.1. The number of hydrogen-bond acceptors (Lipinski definition) is 7. The number of carbonyl (C=O) groups is 2. The number of carbonyl (C=O) groups excluding carboxylic acids is 2. The normalized spacial score (nSPS) is 10.8. The SMILES string of the molecule is CC(C)C(=O)OCOC(=O)c1[nH]nnc1Oc1ccc2cc(Cl)ccc2c1. The summed E-state index contributed by atoms with van der Waals surface area (Å²) in [4.78, 5) is 23.5. The molecule has 0 aliphatic rings. The van der Waals surface area contributed by atoms with Gasteiger partial charge in [-0.25, -0.2) is 9.89 Å². The van der Waals surface area contributed by atoms with E-state index in [1.807, 2.05) is 18.2 Å². The van der Waals surface area contributed by atoms with Crippen LogP contribution in [0.2, 0.25) is 5.02 Å². The van der Waals surface area contributed by atoms with Crippen LogP contribution in [0.4, 0.5) is 0 Å². The predicted molar refractivity (Wildman–Crippen MR) is 96.6 cm³/mol. The van der Waals surface area contributed by atoms with Gasteiger partial charge >= 0.3 is 11.9 Å². The largest absolute Gasteiger partial charge is 0.436 e. The number of H-pyrrole nitrogens is 1. The van der Waals surface area contributed by atoms with Gasteiger partial charge in [-0.05, 0) is 35.0 Å². The quantitative estimate of drug-likeness (QED) is 0.506. The first-order valence-corrected chi connectivity index (χ1v) is 8.44. The van der Waals surface area contributed by atoms with E-state index in [0.29, 0.717) is 10.8 Å². The number of hydrogen-bond donors (Lipinski definition) is 1. The molecule has 0 aliphatic heterocycles. The Kier molecular flexibility index (Phi) is 5.56. The van der Waals surface area contributed by atoms with Crippen LogP contribution in [0.25, 0.3) is 10.8 Å². The number of nitrogens with zero attached hydrogens (tertiary/aromatic N) is 2. The fourth-order valence-electron chi connectivity index (χ4n) is 2.17. The Hall–Kier alpha value is -3.13. The van der Waals surface area contributed by atoms with Gasteiger partial charge in [0.1, 0.15) is 5.75 Å². The van der Waals surface area contributed by atoms with Crippen LogP contribution in [-0.2, 0) is 14.3 Å². The maximum Gasteiger partial charge on any atom is 0.365 e. The molecule has 9 heteroatoms. The molecule has 0 fully saturated rings. The van der Waals surface area contributed by atoms with E-state index in [0.717, 1.165) is 10.8 Å². The molecule has 0 unspecified atom stereocenters. The number of aromatic nitrogens is 3. The van der Waals surface area contributed by atoms with Crippen molar-refractivity contribution in [3.63, 3.8) is 0 Å². The van der Waals surface area contributed by atoms with Gasteiger partial charge in [-0.15, -0.1) is 0 Å². The molecule has 27 heavy (non-hydrogen) atoms. The van der Waals surface area contributed by atoms with E-state index in [-0.39, 0.29) is 17.5 Å². The van der Waals surface area contributed by atoms with E-state index in [2.05, 4.69) is 15.4 Å². The molecule has 3 rings (SSSR count). The zero-order valence-electron chi connectivity index (χ0n) is 14.6. The summed E-state index contributed by atoms with van der Waals surface area (Å²) >= 11 is 5.97.